The quantitative estimate of drug-likeness (QED) is 0.640. The van der Waals surface area contributed by atoms with Gasteiger partial charge in [0, 0.05) is 33.5 Å². The van der Waals surface area contributed by atoms with E-state index >= 15 is 0 Å². The molecule has 0 saturated heterocycles. The summed E-state index contributed by atoms with van der Waals surface area (Å²) in [7, 11) is 0. The minimum atomic E-state index is -0.365. The van der Waals surface area contributed by atoms with Crippen molar-refractivity contribution in [2.45, 2.75) is 11.3 Å². The zero-order chi connectivity index (χ0) is 15.2. The highest BCUT2D eigenvalue weighted by atomic mass is 35.5. The van der Waals surface area contributed by atoms with E-state index in [-0.39, 0.29) is 11.7 Å². The van der Waals surface area contributed by atoms with Crippen LogP contribution < -0.4 is 11.1 Å². The van der Waals surface area contributed by atoms with E-state index in [1.54, 1.807) is 30.3 Å². The molecule has 0 unspecified atom stereocenters. The van der Waals surface area contributed by atoms with Crippen LogP contribution in [0.4, 0.5) is 15.8 Å². The van der Waals surface area contributed by atoms with Crippen LogP contribution in [0.25, 0.3) is 0 Å². The van der Waals surface area contributed by atoms with E-state index in [1.165, 1.54) is 23.9 Å². The summed E-state index contributed by atoms with van der Waals surface area (Å²) >= 11 is 7.26. The smallest absolute Gasteiger partial charge is 0.225 e. The van der Waals surface area contributed by atoms with Crippen LogP contribution in [0.2, 0.25) is 5.02 Å². The maximum absolute atomic E-state index is 12.9. The lowest BCUT2D eigenvalue weighted by atomic mass is 10.3. The Hall–Kier alpha value is -1.72. The summed E-state index contributed by atoms with van der Waals surface area (Å²) in [4.78, 5) is 12.6. The average molecular weight is 325 g/mol. The second-order valence-corrected chi connectivity index (χ2v) is 5.91. The van der Waals surface area contributed by atoms with E-state index < -0.39 is 0 Å². The zero-order valence-electron chi connectivity index (χ0n) is 11.1. The van der Waals surface area contributed by atoms with Gasteiger partial charge in [-0.25, -0.2) is 4.39 Å². The normalized spacial score (nSPS) is 10.4. The minimum absolute atomic E-state index is 0.106. The van der Waals surface area contributed by atoms with Crippen LogP contribution in [0.5, 0.6) is 0 Å². The predicted molar refractivity (Wildman–Crippen MR) is 86.2 cm³/mol. The number of thioether (sulfide) groups is 1. The van der Waals surface area contributed by atoms with Gasteiger partial charge in [0.25, 0.3) is 0 Å². The number of halogens is 2. The summed E-state index contributed by atoms with van der Waals surface area (Å²) in [6.45, 7) is 0. The van der Waals surface area contributed by atoms with E-state index in [4.69, 9.17) is 17.3 Å². The van der Waals surface area contributed by atoms with Crippen molar-refractivity contribution in [3.05, 3.63) is 53.3 Å². The third-order valence-corrected chi connectivity index (χ3v) is 3.99. The Morgan fingerprint density at radius 1 is 1.29 bits per heavy atom. The summed E-state index contributed by atoms with van der Waals surface area (Å²) in [5.74, 6) is 0.0865. The maximum atomic E-state index is 12.9. The first kappa shape index (κ1) is 15.7. The van der Waals surface area contributed by atoms with Crippen LogP contribution in [0, 0.1) is 5.82 Å². The van der Waals surface area contributed by atoms with Crippen molar-refractivity contribution < 1.29 is 9.18 Å². The highest BCUT2D eigenvalue weighted by Crippen LogP contribution is 2.26. The molecule has 0 fully saturated rings. The fraction of sp³-hybridized carbons (Fsp3) is 0.133. The summed E-state index contributed by atoms with van der Waals surface area (Å²) in [5.41, 5.74) is 6.75. The van der Waals surface area contributed by atoms with Crippen molar-refractivity contribution in [1.29, 1.82) is 0 Å². The minimum Gasteiger partial charge on any atom is -0.398 e. The molecule has 110 valence electrons. The van der Waals surface area contributed by atoms with Crippen LogP contribution in [0.3, 0.4) is 0 Å². The van der Waals surface area contributed by atoms with Gasteiger partial charge >= 0.3 is 0 Å². The highest BCUT2D eigenvalue weighted by Gasteiger charge is 2.06. The van der Waals surface area contributed by atoms with Crippen LogP contribution in [-0.4, -0.2) is 11.7 Å². The first-order valence-corrected chi connectivity index (χ1v) is 7.64. The Labute approximate surface area is 131 Å². The Balaban J connectivity index is 1.81. The van der Waals surface area contributed by atoms with Gasteiger partial charge in [-0.05, 0) is 36.4 Å². The van der Waals surface area contributed by atoms with Gasteiger partial charge in [-0.3, -0.25) is 4.79 Å². The number of hydrogen-bond donors (Lipinski definition) is 2. The fourth-order valence-corrected chi connectivity index (χ4v) is 2.78. The number of benzene rings is 2. The molecule has 0 heterocycles. The molecule has 0 aliphatic heterocycles. The molecule has 0 aliphatic rings. The summed E-state index contributed by atoms with van der Waals surface area (Å²) in [6.07, 6.45) is 0.327. The molecule has 21 heavy (non-hydrogen) atoms. The van der Waals surface area contributed by atoms with Crippen molar-refractivity contribution in [3.63, 3.8) is 0 Å². The molecule has 1 amide bonds. The van der Waals surface area contributed by atoms with Gasteiger partial charge in [-0.1, -0.05) is 17.7 Å². The monoisotopic (exact) mass is 324 g/mol. The molecule has 0 aliphatic carbocycles. The van der Waals surface area contributed by atoms with Gasteiger partial charge < -0.3 is 11.1 Å². The maximum Gasteiger partial charge on any atom is 0.225 e. The van der Waals surface area contributed by atoms with Crippen molar-refractivity contribution in [2.24, 2.45) is 0 Å². The van der Waals surface area contributed by atoms with Gasteiger partial charge in [0.1, 0.15) is 5.82 Å². The fourth-order valence-electron chi connectivity index (χ4n) is 1.69. The third-order valence-electron chi connectivity index (χ3n) is 2.67. The zero-order valence-corrected chi connectivity index (χ0v) is 12.7. The van der Waals surface area contributed by atoms with E-state index in [1.807, 2.05) is 0 Å². The second-order valence-electron chi connectivity index (χ2n) is 4.34. The number of nitrogen functional groups attached to an aromatic ring is 1. The molecule has 0 radical (unpaired) electrons. The summed E-state index contributed by atoms with van der Waals surface area (Å²) < 4.78 is 12.9. The van der Waals surface area contributed by atoms with Gasteiger partial charge in [0.05, 0.1) is 0 Å². The van der Waals surface area contributed by atoms with Crippen LogP contribution >= 0.6 is 23.4 Å². The third kappa shape index (κ3) is 4.95. The molecule has 3 nitrogen and oxygen atoms in total. The predicted octanol–water partition coefficient (Wildman–Crippen LogP) is 4.18. The largest absolute Gasteiger partial charge is 0.398 e. The first-order valence-electron chi connectivity index (χ1n) is 6.28. The van der Waals surface area contributed by atoms with Crippen molar-refractivity contribution in [3.8, 4) is 0 Å². The van der Waals surface area contributed by atoms with E-state index in [0.29, 0.717) is 28.6 Å². The lowest BCUT2D eigenvalue weighted by Gasteiger charge is -2.07. The Morgan fingerprint density at radius 2 is 2.10 bits per heavy atom. The average Bonchev–Trinajstić information content (AvgIpc) is 2.41. The number of hydrogen-bond acceptors (Lipinski definition) is 3. The SMILES string of the molecule is Nc1cc(F)ccc1SCCC(=O)Nc1cccc(Cl)c1. The van der Waals surface area contributed by atoms with E-state index in [9.17, 15) is 9.18 Å². The molecular weight excluding hydrogens is 311 g/mol. The highest BCUT2D eigenvalue weighted by molar-refractivity contribution is 7.99. The Kier molecular flexibility index (Phi) is 5.47. The molecule has 2 aromatic carbocycles. The molecule has 2 aromatic rings. The van der Waals surface area contributed by atoms with Crippen LogP contribution in [0.15, 0.2) is 47.4 Å². The number of rotatable bonds is 5. The lowest BCUT2D eigenvalue weighted by molar-refractivity contribution is -0.115. The van der Waals surface area contributed by atoms with Crippen LogP contribution in [0.1, 0.15) is 6.42 Å². The number of carbonyl (C=O) groups excluding carboxylic acids is 1. The lowest BCUT2D eigenvalue weighted by Crippen LogP contribution is -2.12. The number of nitrogens with two attached hydrogens (primary N) is 1. The van der Waals surface area contributed by atoms with E-state index in [2.05, 4.69) is 5.32 Å². The van der Waals surface area contributed by atoms with E-state index in [0.717, 1.165) is 4.90 Å². The number of amides is 1. The molecule has 0 atom stereocenters. The molecule has 6 heteroatoms. The standard InChI is InChI=1S/C15H14ClFN2OS/c16-10-2-1-3-12(8-10)19-15(20)6-7-21-14-5-4-11(17)9-13(14)18/h1-5,8-9H,6-7,18H2,(H,19,20). The second kappa shape index (κ2) is 7.33. The topological polar surface area (TPSA) is 55.1 Å². The Morgan fingerprint density at radius 3 is 2.81 bits per heavy atom. The molecule has 3 N–H and O–H groups in total. The number of carbonyl (C=O) groups is 1. The molecule has 0 aromatic heterocycles. The van der Waals surface area contributed by atoms with Gasteiger partial charge in [0.15, 0.2) is 0 Å². The Bertz CT molecular complexity index is 651. The summed E-state index contributed by atoms with van der Waals surface area (Å²) in [5, 5.41) is 3.34. The molecule has 0 spiro atoms. The van der Waals surface area contributed by atoms with Gasteiger partial charge in [-0.15, -0.1) is 11.8 Å². The molecule has 2 rings (SSSR count). The van der Waals surface area contributed by atoms with Crippen molar-refractivity contribution in [2.75, 3.05) is 16.8 Å². The molecule has 0 bridgehead atoms. The van der Waals surface area contributed by atoms with Crippen LogP contribution in [-0.2, 0) is 4.79 Å². The van der Waals surface area contributed by atoms with Gasteiger partial charge in [0.2, 0.25) is 5.91 Å². The van der Waals surface area contributed by atoms with Gasteiger partial charge in [-0.2, -0.15) is 0 Å². The molecule has 0 saturated carbocycles. The van der Waals surface area contributed by atoms with Crippen molar-refractivity contribution >= 4 is 40.6 Å². The molecular formula is C15H14ClFN2OS. The number of nitrogens with one attached hydrogen (secondary N) is 1. The summed E-state index contributed by atoms with van der Waals surface area (Å²) in [6, 6.07) is 11.2. The first-order chi connectivity index (χ1) is 10.0. The number of anilines is 2. The van der Waals surface area contributed by atoms with Crippen molar-refractivity contribution in [1.82, 2.24) is 0 Å².